The van der Waals surface area contributed by atoms with E-state index in [2.05, 4.69) is 5.32 Å². The molecule has 0 bridgehead atoms. The van der Waals surface area contributed by atoms with Crippen molar-refractivity contribution in [3.63, 3.8) is 0 Å². The second-order valence-electron chi connectivity index (χ2n) is 8.68. The number of amides is 2. The third kappa shape index (κ3) is 4.83. The molecule has 0 aliphatic carbocycles. The fourth-order valence-electron chi connectivity index (χ4n) is 4.30. The number of likely N-dealkylation sites (tertiary alicyclic amines) is 1. The Hall–Kier alpha value is -3.19. The van der Waals surface area contributed by atoms with Crippen molar-refractivity contribution in [1.29, 1.82) is 0 Å². The van der Waals surface area contributed by atoms with Crippen molar-refractivity contribution in [2.24, 2.45) is 5.92 Å². The highest BCUT2D eigenvalue weighted by molar-refractivity contribution is 5.99. The maximum Gasteiger partial charge on any atom is 0.252 e. The number of fused-ring (bicyclic) bond motifs is 1. The lowest BCUT2D eigenvalue weighted by Crippen LogP contribution is -2.52. The molecule has 2 amide bonds. The molecule has 2 saturated heterocycles. The summed E-state index contributed by atoms with van der Waals surface area (Å²) in [7, 11) is 0. The van der Waals surface area contributed by atoms with Gasteiger partial charge in [0.05, 0.1) is 6.10 Å². The van der Waals surface area contributed by atoms with Gasteiger partial charge in [-0.15, -0.1) is 0 Å². The lowest BCUT2D eigenvalue weighted by Gasteiger charge is -2.28. The van der Waals surface area contributed by atoms with Gasteiger partial charge in [-0.05, 0) is 49.1 Å². The molecule has 7 nitrogen and oxygen atoms in total. The molecule has 2 aromatic rings. The first kappa shape index (κ1) is 22.0. The topological polar surface area (TPSA) is 84.9 Å². The van der Waals surface area contributed by atoms with Crippen molar-refractivity contribution in [3.05, 3.63) is 60.2 Å². The molecule has 2 aliphatic heterocycles. The quantitative estimate of drug-likeness (QED) is 0.721. The molecule has 0 spiro atoms. The highest BCUT2D eigenvalue weighted by atomic mass is 16.5. The largest absolute Gasteiger partial charge is 0.457 e. The lowest BCUT2D eigenvalue weighted by atomic mass is 10.0. The Morgan fingerprint density at radius 1 is 1.12 bits per heavy atom. The maximum absolute atomic E-state index is 13.3. The molecule has 168 valence electrons. The second-order valence-corrected chi connectivity index (χ2v) is 8.68. The number of ketones is 1. The minimum absolute atomic E-state index is 0.0501. The number of nitrogens with zero attached hydrogens (tertiary/aromatic N) is 1. The van der Waals surface area contributed by atoms with Gasteiger partial charge in [-0.3, -0.25) is 14.4 Å². The summed E-state index contributed by atoms with van der Waals surface area (Å²) in [5.74, 6) is 0.742. The van der Waals surface area contributed by atoms with E-state index in [0.717, 1.165) is 0 Å². The van der Waals surface area contributed by atoms with E-state index < -0.39 is 12.1 Å². The van der Waals surface area contributed by atoms with Gasteiger partial charge in [0.15, 0.2) is 5.78 Å². The van der Waals surface area contributed by atoms with Crippen LogP contribution in [0.15, 0.2) is 54.6 Å². The molecule has 0 saturated carbocycles. The zero-order valence-corrected chi connectivity index (χ0v) is 18.3. The van der Waals surface area contributed by atoms with Gasteiger partial charge in [0, 0.05) is 12.1 Å². The number of carbonyl (C=O) groups excluding carboxylic acids is 3. The molecule has 0 unspecified atom stereocenters. The van der Waals surface area contributed by atoms with Gasteiger partial charge in [-0.1, -0.05) is 38.1 Å². The zero-order chi connectivity index (χ0) is 22.7. The van der Waals surface area contributed by atoms with Crippen molar-refractivity contribution in [1.82, 2.24) is 10.2 Å². The number of hydrogen-bond acceptors (Lipinski definition) is 5. The van der Waals surface area contributed by atoms with Gasteiger partial charge in [-0.25, -0.2) is 0 Å². The highest BCUT2D eigenvalue weighted by Gasteiger charge is 2.48. The number of carbonyl (C=O) groups is 3. The third-order valence-corrected chi connectivity index (χ3v) is 5.78. The number of rotatable bonds is 7. The summed E-state index contributed by atoms with van der Waals surface area (Å²) in [6, 6.07) is 14.9. The van der Waals surface area contributed by atoms with E-state index in [1.54, 1.807) is 29.2 Å². The third-order valence-electron chi connectivity index (χ3n) is 5.78. The predicted molar refractivity (Wildman–Crippen MR) is 119 cm³/mol. The summed E-state index contributed by atoms with van der Waals surface area (Å²) in [6.45, 7) is 4.51. The average Bonchev–Trinajstić information content (AvgIpc) is 3.36. The van der Waals surface area contributed by atoms with Crippen LogP contribution in [0.4, 0.5) is 0 Å². The predicted octanol–water partition coefficient (Wildman–Crippen LogP) is 3.19. The van der Waals surface area contributed by atoms with Crippen LogP contribution >= 0.6 is 0 Å². The molecule has 32 heavy (non-hydrogen) atoms. The van der Waals surface area contributed by atoms with Gasteiger partial charge < -0.3 is 19.7 Å². The van der Waals surface area contributed by atoms with E-state index >= 15 is 0 Å². The summed E-state index contributed by atoms with van der Waals surface area (Å²) < 4.78 is 11.3. The minimum atomic E-state index is -0.714. The maximum atomic E-state index is 13.3. The minimum Gasteiger partial charge on any atom is -0.457 e. The van der Waals surface area contributed by atoms with Crippen molar-refractivity contribution in [2.45, 2.75) is 44.9 Å². The Bertz CT molecular complexity index is 991. The van der Waals surface area contributed by atoms with Crippen molar-refractivity contribution in [2.75, 3.05) is 13.2 Å². The van der Waals surface area contributed by atoms with E-state index in [1.165, 1.54) is 0 Å². The monoisotopic (exact) mass is 436 g/mol. The Morgan fingerprint density at radius 2 is 1.88 bits per heavy atom. The molecule has 2 aromatic carbocycles. The summed E-state index contributed by atoms with van der Waals surface area (Å²) in [5, 5.41) is 2.89. The van der Waals surface area contributed by atoms with E-state index in [4.69, 9.17) is 9.47 Å². The number of nitrogens with one attached hydrogen (secondary N) is 1. The molecule has 3 atom stereocenters. The van der Waals surface area contributed by atoms with Crippen LogP contribution in [0.2, 0.25) is 0 Å². The number of benzene rings is 2. The van der Waals surface area contributed by atoms with Crippen LogP contribution in [-0.2, 0) is 14.3 Å². The molecule has 4 rings (SSSR count). The number of hydrogen-bond donors (Lipinski definition) is 1. The normalized spacial score (nSPS) is 20.8. The van der Waals surface area contributed by atoms with E-state index in [-0.39, 0.29) is 36.2 Å². The average molecular weight is 437 g/mol. The van der Waals surface area contributed by atoms with Gasteiger partial charge in [-0.2, -0.15) is 0 Å². The first-order valence-electron chi connectivity index (χ1n) is 11.0. The Balaban J connectivity index is 1.48. The first-order valence-corrected chi connectivity index (χ1v) is 11.0. The molecular formula is C25H28N2O5. The van der Waals surface area contributed by atoms with E-state index in [0.29, 0.717) is 36.4 Å². The van der Waals surface area contributed by atoms with Crippen LogP contribution in [0.5, 0.6) is 11.5 Å². The van der Waals surface area contributed by atoms with Gasteiger partial charge >= 0.3 is 0 Å². The summed E-state index contributed by atoms with van der Waals surface area (Å²) >= 11 is 0. The standard InChI is InChI=1S/C25H28N2O5/c1-16(2)13-20(25(30)27-12-11-22-23(27)21(28)15-31-22)26-24(29)17-7-6-10-19(14-17)32-18-8-4-3-5-9-18/h3-10,14,16,20,22-23H,11-13,15H2,1-2H3,(H,26,29)/t20-,22+,23+/m0/s1. The molecule has 2 aliphatic rings. The molecular weight excluding hydrogens is 408 g/mol. The molecule has 0 radical (unpaired) electrons. The molecule has 2 heterocycles. The molecule has 0 aromatic heterocycles. The summed E-state index contributed by atoms with van der Waals surface area (Å²) in [6.07, 6.45) is 0.894. The highest BCUT2D eigenvalue weighted by Crippen LogP contribution is 2.28. The molecule has 7 heteroatoms. The molecule has 2 fully saturated rings. The molecule has 1 N–H and O–H groups in total. The van der Waals surface area contributed by atoms with E-state index in [9.17, 15) is 14.4 Å². The fourth-order valence-corrected chi connectivity index (χ4v) is 4.30. The summed E-state index contributed by atoms with van der Waals surface area (Å²) in [5.41, 5.74) is 0.402. The lowest BCUT2D eigenvalue weighted by molar-refractivity contribution is -0.138. The van der Waals surface area contributed by atoms with E-state index in [1.807, 2.05) is 44.2 Å². The van der Waals surface area contributed by atoms with Gasteiger partial charge in [0.1, 0.15) is 30.2 Å². The smallest absolute Gasteiger partial charge is 0.252 e. The van der Waals surface area contributed by atoms with Crippen molar-refractivity contribution < 1.29 is 23.9 Å². The van der Waals surface area contributed by atoms with Crippen LogP contribution < -0.4 is 10.1 Å². The van der Waals surface area contributed by atoms with Crippen LogP contribution in [0, 0.1) is 5.92 Å². The second kappa shape index (κ2) is 9.53. The van der Waals surface area contributed by atoms with Crippen LogP contribution in [0.1, 0.15) is 37.0 Å². The Labute approximate surface area is 187 Å². The fraction of sp³-hybridized carbons (Fsp3) is 0.400. The van der Waals surface area contributed by atoms with Crippen molar-refractivity contribution >= 4 is 17.6 Å². The Kier molecular flexibility index (Phi) is 6.55. The van der Waals surface area contributed by atoms with Crippen LogP contribution in [-0.4, -0.2) is 53.8 Å². The van der Waals surface area contributed by atoms with Crippen molar-refractivity contribution in [3.8, 4) is 11.5 Å². The SMILES string of the molecule is CC(C)C[C@H](NC(=O)c1cccc(Oc2ccccc2)c1)C(=O)N1CC[C@H]2OCC(=O)[C@H]21. The van der Waals surface area contributed by atoms with Crippen LogP contribution in [0.3, 0.4) is 0 Å². The van der Waals surface area contributed by atoms with Gasteiger partial charge in [0.2, 0.25) is 5.91 Å². The van der Waals surface area contributed by atoms with Crippen LogP contribution in [0.25, 0.3) is 0 Å². The number of Topliss-reactive ketones (excluding diaryl/α,β-unsaturated/α-hetero) is 1. The van der Waals surface area contributed by atoms with Gasteiger partial charge in [0.25, 0.3) is 5.91 Å². The summed E-state index contributed by atoms with van der Waals surface area (Å²) in [4.78, 5) is 40.2. The first-order chi connectivity index (χ1) is 15.4. The number of ether oxygens (including phenoxy) is 2. The Morgan fingerprint density at radius 3 is 2.62 bits per heavy atom. The zero-order valence-electron chi connectivity index (χ0n) is 18.3. The number of para-hydroxylation sites is 1.